The van der Waals surface area contributed by atoms with E-state index in [1.807, 2.05) is 63.2 Å². The van der Waals surface area contributed by atoms with Crippen molar-refractivity contribution in [3.63, 3.8) is 0 Å². The maximum Gasteiger partial charge on any atom is 0.250 e. The van der Waals surface area contributed by atoms with E-state index >= 15 is 0 Å². The number of aryl methyl sites for hydroxylation is 3. The van der Waals surface area contributed by atoms with Crippen LogP contribution in [-0.4, -0.2) is 33.2 Å². The molecule has 2 aromatic rings. The molecule has 1 atom stereocenters. The number of benzene rings is 2. The third kappa shape index (κ3) is 3.92. The molecule has 0 saturated carbocycles. The smallest absolute Gasteiger partial charge is 0.250 e. The maximum atomic E-state index is 13.6. The summed E-state index contributed by atoms with van der Waals surface area (Å²) >= 11 is 0. The summed E-state index contributed by atoms with van der Waals surface area (Å²) < 4.78 is 26.9. The van der Waals surface area contributed by atoms with E-state index in [4.69, 9.17) is 0 Å². The molecule has 2 aromatic carbocycles. The zero-order chi connectivity index (χ0) is 20.5. The SMILES string of the molecule is CCC(C(=O)N1CCCc2ccccc21)N(c1cc(C)ccc1C)S(C)(=O)=O. The number of carbonyl (C=O) groups excluding carboxylic acids is 1. The highest BCUT2D eigenvalue weighted by Crippen LogP contribution is 2.32. The van der Waals surface area contributed by atoms with Gasteiger partial charge in [-0.25, -0.2) is 8.42 Å². The Hall–Kier alpha value is -2.34. The number of hydrogen-bond donors (Lipinski definition) is 0. The second kappa shape index (κ2) is 7.95. The minimum atomic E-state index is -3.64. The van der Waals surface area contributed by atoms with Crippen molar-refractivity contribution in [2.45, 2.75) is 46.1 Å². The number of rotatable bonds is 5. The van der Waals surface area contributed by atoms with E-state index in [2.05, 4.69) is 0 Å². The van der Waals surface area contributed by atoms with Crippen molar-refractivity contribution in [2.24, 2.45) is 0 Å². The van der Waals surface area contributed by atoms with Gasteiger partial charge in [-0.3, -0.25) is 9.10 Å². The summed E-state index contributed by atoms with van der Waals surface area (Å²) in [5, 5.41) is 0. The summed E-state index contributed by atoms with van der Waals surface area (Å²) in [7, 11) is -3.64. The normalized spacial score (nSPS) is 15.1. The Morgan fingerprint density at radius 2 is 1.89 bits per heavy atom. The average molecular weight is 401 g/mol. The third-order valence-corrected chi connectivity index (χ3v) is 6.46. The van der Waals surface area contributed by atoms with Gasteiger partial charge < -0.3 is 4.90 Å². The quantitative estimate of drug-likeness (QED) is 0.766. The lowest BCUT2D eigenvalue weighted by molar-refractivity contribution is -0.119. The summed E-state index contributed by atoms with van der Waals surface area (Å²) in [6, 6.07) is 12.8. The number of anilines is 2. The molecule has 3 rings (SSSR count). The molecule has 1 aliphatic heterocycles. The van der Waals surface area contributed by atoms with Crippen molar-refractivity contribution < 1.29 is 13.2 Å². The van der Waals surface area contributed by atoms with Crippen LogP contribution in [0.3, 0.4) is 0 Å². The lowest BCUT2D eigenvalue weighted by atomic mass is 10.0. The van der Waals surface area contributed by atoms with E-state index in [0.29, 0.717) is 18.7 Å². The van der Waals surface area contributed by atoms with Crippen molar-refractivity contribution in [3.05, 3.63) is 59.2 Å². The number of sulfonamides is 1. The van der Waals surface area contributed by atoms with Crippen LogP contribution in [0.25, 0.3) is 0 Å². The van der Waals surface area contributed by atoms with Crippen molar-refractivity contribution in [1.82, 2.24) is 0 Å². The molecule has 1 amide bonds. The Labute approximate surface area is 168 Å². The molecule has 5 nitrogen and oxygen atoms in total. The van der Waals surface area contributed by atoms with Gasteiger partial charge in [-0.1, -0.05) is 37.3 Å². The van der Waals surface area contributed by atoms with Gasteiger partial charge >= 0.3 is 0 Å². The molecule has 0 aliphatic carbocycles. The Kier molecular flexibility index (Phi) is 5.79. The average Bonchev–Trinajstić information content (AvgIpc) is 2.66. The Balaban J connectivity index is 2.07. The van der Waals surface area contributed by atoms with Gasteiger partial charge in [-0.2, -0.15) is 0 Å². The van der Waals surface area contributed by atoms with Gasteiger partial charge in [0.05, 0.1) is 11.9 Å². The number of amides is 1. The second-order valence-corrected chi connectivity index (χ2v) is 9.35. The topological polar surface area (TPSA) is 57.7 Å². The van der Waals surface area contributed by atoms with Crippen LogP contribution in [0.15, 0.2) is 42.5 Å². The van der Waals surface area contributed by atoms with Crippen molar-refractivity contribution >= 4 is 27.3 Å². The molecule has 0 N–H and O–H groups in total. The molecule has 1 unspecified atom stereocenters. The minimum absolute atomic E-state index is 0.166. The van der Waals surface area contributed by atoms with Gasteiger partial charge in [0.2, 0.25) is 10.0 Å². The van der Waals surface area contributed by atoms with E-state index in [9.17, 15) is 13.2 Å². The first kappa shape index (κ1) is 20.4. The van der Waals surface area contributed by atoms with E-state index in [-0.39, 0.29) is 5.91 Å². The molecule has 1 heterocycles. The molecule has 0 saturated heterocycles. The van der Waals surface area contributed by atoms with Crippen LogP contribution >= 0.6 is 0 Å². The Morgan fingerprint density at radius 3 is 2.57 bits per heavy atom. The molecule has 28 heavy (non-hydrogen) atoms. The van der Waals surface area contributed by atoms with Gasteiger partial charge in [0.1, 0.15) is 6.04 Å². The Morgan fingerprint density at radius 1 is 1.18 bits per heavy atom. The standard InChI is InChI=1S/C22H28N2O3S/c1-5-19(22(25)23-14-8-10-18-9-6-7-11-20(18)23)24(28(4,26)27)21-15-16(2)12-13-17(21)3/h6-7,9,11-13,15,19H,5,8,10,14H2,1-4H3. The van der Waals surface area contributed by atoms with Gasteiger partial charge in [0, 0.05) is 12.2 Å². The molecule has 0 spiro atoms. The predicted molar refractivity (Wildman–Crippen MR) is 114 cm³/mol. The summed E-state index contributed by atoms with van der Waals surface area (Å²) in [6.45, 7) is 6.27. The highest BCUT2D eigenvalue weighted by molar-refractivity contribution is 7.92. The van der Waals surface area contributed by atoms with Crippen molar-refractivity contribution in [2.75, 3.05) is 22.0 Å². The first-order chi connectivity index (χ1) is 13.2. The van der Waals surface area contributed by atoms with E-state index < -0.39 is 16.1 Å². The second-order valence-electron chi connectivity index (χ2n) is 7.49. The molecule has 1 aliphatic rings. The fourth-order valence-corrected chi connectivity index (χ4v) is 5.17. The molecule has 0 bridgehead atoms. The van der Waals surface area contributed by atoms with Gasteiger partial charge in [0.15, 0.2) is 0 Å². The van der Waals surface area contributed by atoms with Crippen molar-refractivity contribution in [3.8, 4) is 0 Å². The molecule has 0 radical (unpaired) electrons. The summed E-state index contributed by atoms with van der Waals surface area (Å²) in [6.07, 6.45) is 3.39. The lowest BCUT2D eigenvalue weighted by Gasteiger charge is -2.37. The molecular weight excluding hydrogens is 372 g/mol. The highest BCUT2D eigenvalue weighted by Gasteiger charge is 2.36. The van der Waals surface area contributed by atoms with Crippen LogP contribution in [-0.2, 0) is 21.2 Å². The fourth-order valence-electron chi connectivity index (χ4n) is 3.92. The van der Waals surface area contributed by atoms with E-state index in [1.54, 1.807) is 4.90 Å². The predicted octanol–water partition coefficient (Wildman–Crippen LogP) is 3.83. The summed E-state index contributed by atoms with van der Waals surface area (Å²) in [5.74, 6) is -0.166. The van der Waals surface area contributed by atoms with Gasteiger partial charge in [-0.05, 0) is 61.9 Å². The van der Waals surface area contributed by atoms with Crippen LogP contribution in [0.4, 0.5) is 11.4 Å². The third-order valence-electron chi connectivity index (χ3n) is 5.29. The summed E-state index contributed by atoms with van der Waals surface area (Å²) in [5.41, 5.74) is 4.40. The molecule has 0 fully saturated rings. The monoisotopic (exact) mass is 400 g/mol. The largest absolute Gasteiger partial charge is 0.310 e. The number of para-hydroxylation sites is 1. The fraction of sp³-hybridized carbons (Fsp3) is 0.409. The number of nitrogens with zero attached hydrogens (tertiary/aromatic N) is 2. The number of hydrogen-bond acceptors (Lipinski definition) is 3. The number of fused-ring (bicyclic) bond motifs is 1. The van der Waals surface area contributed by atoms with E-state index in [1.165, 1.54) is 10.6 Å². The van der Waals surface area contributed by atoms with Crippen LogP contribution in [0.2, 0.25) is 0 Å². The summed E-state index contributed by atoms with van der Waals surface area (Å²) in [4.78, 5) is 15.3. The first-order valence-electron chi connectivity index (χ1n) is 9.70. The maximum absolute atomic E-state index is 13.6. The molecule has 0 aromatic heterocycles. The first-order valence-corrected chi connectivity index (χ1v) is 11.5. The molecule has 150 valence electrons. The lowest BCUT2D eigenvalue weighted by Crippen LogP contribution is -2.52. The van der Waals surface area contributed by atoms with Gasteiger partial charge in [0.25, 0.3) is 5.91 Å². The van der Waals surface area contributed by atoms with Crippen LogP contribution in [0, 0.1) is 13.8 Å². The van der Waals surface area contributed by atoms with Crippen LogP contribution in [0.5, 0.6) is 0 Å². The molecular formula is C22H28N2O3S. The molecule has 6 heteroatoms. The highest BCUT2D eigenvalue weighted by atomic mass is 32.2. The zero-order valence-corrected chi connectivity index (χ0v) is 17.8. The zero-order valence-electron chi connectivity index (χ0n) is 17.0. The van der Waals surface area contributed by atoms with Crippen LogP contribution < -0.4 is 9.21 Å². The van der Waals surface area contributed by atoms with Crippen molar-refractivity contribution in [1.29, 1.82) is 0 Å². The van der Waals surface area contributed by atoms with E-state index in [0.717, 1.165) is 35.2 Å². The number of carbonyl (C=O) groups is 1. The Bertz CT molecular complexity index is 985. The van der Waals surface area contributed by atoms with Crippen LogP contribution in [0.1, 0.15) is 36.5 Å². The van der Waals surface area contributed by atoms with Gasteiger partial charge in [-0.15, -0.1) is 0 Å². The minimum Gasteiger partial charge on any atom is -0.310 e.